The van der Waals surface area contributed by atoms with Gasteiger partial charge in [-0.1, -0.05) is 19.9 Å². The molecule has 1 aliphatic heterocycles. The molecule has 1 fully saturated rings. The molecule has 4 rings (SSSR count). The van der Waals surface area contributed by atoms with E-state index in [0.717, 1.165) is 29.1 Å². The van der Waals surface area contributed by atoms with Gasteiger partial charge in [-0.05, 0) is 25.0 Å². The monoisotopic (exact) mass is 335 g/mol. The van der Waals surface area contributed by atoms with Crippen LogP contribution in [0, 0.1) is 18.3 Å². The lowest BCUT2D eigenvalue weighted by molar-refractivity contribution is -0.125. The second kappa shape index (κ2) is 5.37. The number of allylic oxidation sites excluding steroid dienone is 4. The second-order valence-electron chi connectivity index (χ2n) is 7.29. The van der Waals surface area contributed by atoms with Gasteiger partial charge in [-0.15, -0.1) is 0 Å². The standard InChI is InChI=1S/C19H21N5O/c1-12-20-8-14(9-21-12)24-17-7-13(16-10-23(4)11-22-16)5-6-15(17)19(2,3)18(24)25/h5,7-11,15H,6H2,1-4H3. The lowest BCUT2D eigenvalue weighted by Gasteiger charge is -2.25. The molecule has 128 valence electrons. The van der Waals surface area contributed by atoms with Gasteiger partial charge in [-0.3, -0.25) is 9.69 Å². The molecule has 0 bridgehead atoms. The van der Waals surface area contributed by atoms with Crippen LogP contribution in [0.1, 0.15) is 31.8 Å². The highest BCUT2D eigenvalue weighted by molar-refractivity contribution is 6.04. The fourth-order valence-electron chi connectivity index (χ4n) is 3.63. The average molecular weight is 335 g/mol. The Balaban J connectivity index is 1.80. The van der Waals surface area contributed by atoms with Crippen LogP contribution in [0.3, 0.4) is 0 Å². The molecule has 0 aromatic carbocycles. The second-order valence-corrected chi connectivity index (χ2v) is 7.29. The van der Waals surface area contributed by atoms with Crippen LogP contribution in [0.25, 0.3) is 5.57 Å². The molecule has 6 heteroatoms. The van der Waals surface area contributed by atoms with Crippen LogP contribution < -0.4 is 4.90 Å². The molecular formula is C19H21N5O. The van der Waals surface area contributed by atoms with E-state index in [4.69, 9.17) is 0 Å². The number of imidazole rings is 1. The maximum Gasteiger partial charge on any atom is 0.237 e. The van der Waals surface area contributed by atoms with Crippen molar-refractivity contribution in [3.05, 3.63) is 54.3 Å². The van der Waals surface area contributed by atoms with Crippen molar-refractivity contribution in [1.82, 2.24) is 19.5 Å². The van der Waals surface area contributed by atoms with E-state index in [1.807, 2.05) is 38.6 Å². The summed E-state index contributed by atoms with van der Waals surface area (Å²) in [7, 11) is 1.95. The van der Waals surface area contributed by atoms with E-state index in [0.29, 0.717) is 5.82 Å². The number of rotatable bonds is 2. The van der Waals surface area contributed by atoms with Crippen LogP contribution in [-0.4, -0.2) is 25.4 Å². The lowest BCUT2D eigenvalue weighted by atomic mass is 9.76. The Morgan fingerprint density at radius 2 is 1.92 bits per heavy atom. The quantitative estimate of drug-likeness (QED) is 0.846. The lowest BCUT2D eigenvalue weighted by Crippen LogP contribution is -2.31. The van der Waals surface area contributed by atoms with E-state index >= 15 is 0 Å². The zero-order valence-electron chi connectivity index (χ0n) is 14.9. The van der Waals surface area contributed by atoms with Crippen molar-refractivity contribution in [2.45, 2.75) is 27.2 Å². The third-order valence-electron chi connectivity index (χ3n) is 5.14. The number of aryl methyl sites for hydroxylation is 2. The minimum Gasteiger partial charge on any atom is -0.340 e. The van der Waals surface area contributed by atoms with Gasteiger partial charge in [0.15, 0.2) is 0 Å². The summed E-state index contributed by atoms with van der Waals surface area (Å²) in [5.74, 6) is 0.929. The average Bonchev–Trinajstić information content (AvgIpc) is 3.10. The van der Waals surface area contributed by atoms with Gasteiger partial charge in [0.1, 0.15) is 5.82 Å². The highest BCUT2D eigenvalue weighted by Gasteiger charge is 2.51. The fraction of sp³-hybridized carbons (Fsp3) is 0.368. The Kier molecular flexibility index (Phi) is 3.39. The molecular weight excluding hydrogens is 314 g/mol. The molecule has 2 aromatic rings. The Morgan fingerprint density at radius 3 is 2.56 bits per heavy atom. The molecule has 2 aliphatic rings. The molecule has 0 radical (unpaired) electrons. The molecule has 25 heavy (non-hydrogen) atoms. The number of fused-ring (bicyclic) bond motifs is 1. The van der Waals surface area contributed by atoms with Crippen molar-refractivity contribution in [3.63, 3.8) is 0 Å². The van der Waals surface area contributed by atoms with E-state index in [-0.39, 0.29) is 11.8 Å². The van der Waals surface area contributed by atoms with Crippen LogP contribution in [-0.2, 0) is 11.8 Å². The summed E-state index contributed by atoms with van der Waals surface area (Å²) in [6.45, 7) is 5.87. The molecule has 1 unspecified atom stereocenters. The minimum absolute atomic E-state index is 0.0897. The summed E-state index contributed by atoms with van der Waals surface area (Å²) in [5.41, 5.74) is 3.24. The van der Waals surface area contributed by atoms with Crippen molar-refractivity contribution in [1.29, 1.82) is 0 Å². The number of anilines is 1. The molecule has 3 heterocycles. The highest BCUT2D eigenvalue weighted by atomic mass is 16.2. The summed E-state index contributed by atoms with van der Waals surface area (Å²) in [6.07, 6.45) is 12.3. The predicted molar refractivity (Wildman–Crippen MR) is 95.4 cm³/mol. The molecule has 0 saturated carbocycles. The summed E-state index contributed by atoms with van der Waals surface area (Å²) >= 11 is 0. The van der Waals surface area contributed by atoms with Crippen molar-refractivity contribution in [2.24, 2.45) is 18.4 Å². The van der Waals surface area contributed by atoms with Crippen LogP contribution in [0.5, 0.6) is 0 Å². The third-order valence-corrected chi connectivity index (χ3v) is 5.14. The molecule has 1 aliphatic carbocycles. The largest absolute Gasteiger partial charge is 0.340 e. The van der Waals surface area contributed by atoms with Gasteiger partial charge in [-0.25, -0.2) is 15.0 Å². The zero-order valence-corrected chi connectivity index (χ0v) is 14.9. The summed E-state index contributed by atoms with van der Waals surface area (Å²) < 4.78 is 1.93. The third kappa shape index (κ3) is 2.40. The Labute approximate surface area is 146 Å². The van der Waals surface area contributed by atoms with Gasteiger partial charge >= 0.3 is 0 Å². The fourth-order valence-corrected chi connectivity index (χ4v) is 3.63. The number of nitrogens with zero attached hydrogens (tertiary/aromatic N) is 5. The molecule has 1 saturated heterocycles. The minimum atomic E-state index is -0.455. The van der Waals surface area contributed by atoms with E-state index < -0.39 is 5.41 Å². The van der Waals surface area contributed by atoms with Gasteiger partial charge in [0.2, 0.25) is 5.91 Å². The normalized spacial score (nSPS) is 21.8. The van der Waals surface area contributed by atoms with E-state index in [9.17, 15) is 4.79 Å². The zero-order chi connectivity index (χ0) is 17.8. The number of hydrogen-bond acceptors (Lipinski definition) is 4. The molecule has 1 atom stereocenters. The first kappa shape index (κ1) is 15.7. The first-order chi connectivity index (χ1) is 11.9. The number of hydrogen-bond donors (Lipinski definition) is 0. The van der Waals surface area contributed by atoms with Gasteiger partial charge in [-0.2, -0.15) is 0 Å². The summed E-state index contributed by atoms with van der Waals surface area (Å²) in [6, 6.07) is 0. The van der Waals surface area contributed by atoms with E-state index in [1.54, 1.807) is 23.6 Å². The first-order valence-electron chi connectivity index (χ1n) is 8.41. The summed E-state index contributed by atoms with van der Waals surface area (Å²) in [5, 5.41) is 0. The maximum absolute atomic E-state index is 13.1. The number of aromatic nitrogens is 4. The SMILES string of the molecule is Cc1ncc(N2C(=O)C(C)(C)C3CC=C(c4cn(C)cn4)C=C32)cn1. The Bertz CT molecular complexity index is 904. The van der Waals surface area contributed by atoms with Crippen LogP contribution in [0.4, 0.5) is 5.69 Å². The van der Waals surface area contributed by atoms with Gasteiger partial charge in [0.25, 0.3) is 0 Å². The number of amides is 1. The molecule has 0 spiro atoms. The van der Waals surface area contributed by atoms with Crippen LogP contribution in [0.2, 0.25) is 0 Å². The van der Waals surface area contributed by atoms with Crippen LogP contribution in [0.15, 0.2) is 42.8 Å². The maximum atomic E-state index is 13.1. The van der Waals surface area contributed by atoms with Crippen LogP contribution >= 0.6 is 0 Å². The highest BCUT2D eigenvalue weighted by Crippen LogP contribution is 2.50. The molecule has 6 nitrogen and oxygen atoms in total. The van der Waals surface area contributed by atoms with Crippen molar-refractivity contribution in [3.8, 4) is 0 Å². The van der Waals surface area contributed by atoms with Gasteiger partial charge in [0, 0.05) is 24.9 Å². The summed E-state index contributed by atoms with van der Waals surface area (Å²) in [4.78, 5) is 27.9. The molecule has 2 aromatic heterocycles. The number of carbonyl (C=O) groups is 1. The molecule has 0 N–H and O–H groups in total. The smallest absolute Gasteiger partial charge is 0.237 e. The molecule has 1 amide bonds. The topological polar surface area (TPSA) is 63.9 Å². The number of carbonyl (C=O) groups excluding carboxylic acids is 1. The predicted octanol–water partition coefficient (Wildman–Crippen LogP) is 2.88. The van der Waals surface area contributed by atoms with E-state index in [1.165, 1.54) is 0 Å². The van der Waals surface area contributed by atoms with Crippen molar-refractivity contribution >= 4 is 17.2 Å². The van der Waals surface area contributed by atoms with Gasteiger partial charge < -0.3 is 4.57 Å². The van der Waals surface area contributed by atoms with E-state index in [2.05, 4.69) is 27.1 Å². The van der Waals surface area contributed by atoms with Gasteiger partial charge in [0.05, 0.1) is 35.5 Å². The van der Waals surface area contributed by atoms with Crippen molar-refractivity contribution < 1.29 is 4.79 Å². The van der Waals surface area contributed by atoms with Crippen molar-refractivity contribution in [2.75, 3.05) is 4.90 Å². The Morgan fingerprint density at radius 1 is 1.20 bits per heavy atom. The first-order valence-corrected chi connectivity index (χ1v) is 8.41. The Hall–Kier alpha value is -2.76.